The standard InChI is InChI=1S/C20H13Cl2F4NO2/c21-15-4-11(5-16(22)17(15)23)13(6-20(24,25)26)18(28)10-1-2-14-12(3-10)7-29-19(14)8-27-9-19/h1-6,27H,7-9H2. The normalized spacial score (nSPS) is 17.9. The Morgan fingerprint density at radius 3 is 2.31 bits per heavy atom. The Bertz CT molecular complexity index is 1020. The molecule has 152 valence electrons. The molecule has 4 rings (SSSR count). The van der Waals surface area contributed by atoms with Crippen LogP contribution in [-0.2, 0) is 16.9 Å². The predicted octanol–water partition coefficient (Wildman–Crippen LogP) is 5.29. The van der Waals surface area contributed by atoms with E-state index in [0.717, 1.165) is 23.3 Å². The highest BCUT2D eigenvalue weighted by Crippen LogP contribution is 2.40. The van der Waals surface area contributed by atoms with Crippen LogP contribution < -0.4 is 5.32 Å². The van der Waals surface area contributed by atoms with Crippen molar-refractivity contribution in [1.82, 2.24) is 5.32 Å². The number of nitrogens with one attached hydrogen (secondary N) is 1. The van der Waals surface area contributed by atoms with Crippen molar-refractivity contribution in [1.29, 1.82) is 0 Å². The fourth-order valence-corrected chi connectivity index (χ4v) is 4.03. The van der Waals surface area contributed by atoms with Gasteiger partial charge in [-0.3, -0.25) is 4.79 Å². The fraction of sp³-hybridized carbons (Fsp3) is 0.250. The zero-order valence-corrected chi connectivity index (χ0v) is 16.2. The second-order valence-corrected chi connectivity index (χ2v) is 7.76. The van der Waals surface area contributed by atoms with Crippen LogP contribution in [0.5, 0.6) is 0 Å². The zero-order chi connectivity index (χ0) is 21.0. The van der Waals surface area contributed by atoms with Crippen LogP contribution in [0.2, 0.25) is 10.0 Å². The average Bonchev–Trinajstić information content (AvgIpc) is 3.01. The minimum atomic E-state index is -4.78. The quantitative estimate of drug-likeness (QED) is 0.302. The molecule has 2 aliphatic heterocycles. The SMILES string of the molecule is O=C(C(=CC(F)(F)F)c1cc(Cl)c(F)c(Cl)c1)c1ccc2c(c1)COC21CNC1. The van der Waals surface area contributed by atoms with Gasteiger partial charge in [-0.15, -0.1) is 0 Å². The molecule has 1 saturated heterocycles. The third-order valence-electron chi connectivity index (χ3n) is 5.03. The van der Waals surface area contributed by atoms with Crippen LogP contribution in [0.1, 0.15) is 27.0 Å². The molecule has 2 aromatic carbocycles. The van der Waals surface area contributed by atoms with Crippen molar-refractivity contribution < 1.29 is 27.1 Å². The first kappa shape index (κ1) is 20.3. The maximum atomic E-state index is 13.7. The van der Waals surface area contributed by atoms with Crippen LogP contribution in [0.25, 0.3) is 5.57 Å². The Labute approximate surface area is 173 Å². The number of rotatable bonds is 3. The van der Waals surface area contributed by atoms with E-state index in [1.807, 2.05) is 0 Å². The Morgan fingerprint density at radius 2 is 1.76 bits per heavy atom. The van der Waals surface area contributed by atoms with Crippen molar-refractivity contribution in [2.24, 2.45) is 0 Å². The first-order chi connectivity index (χ1) is 13.6. The van der Waals surface area contributed by atoms with Crippen molar-refractivity contribution in [2.75, 3.05) is 13.1 Å². The third kappa shape index (κ3) is 3.68. The maximum absolute atomic E-state index is 13.7. The van der Waals surface area contributed by atoms with E-state index >= 15 is 0 Å². The lowest BCUT2D eigenvalue weighted by Gasteiger charge is -2.39. The highest BCUT2D eigenvalue weighted by molar-refractivity contribution is 6.36. The van der Waals surface area contributed by atoms with Gasteiger partial charge in [-0.2, -0.15) is 13.2 Å². The number of Topliss-reactive ketones (excluding diaryl/α,β-unsaturated/α-hetero) is 1. The summed E-state index contributed by atoms with van der Waals surface area (Å²) in [4.78, 5) is 13.0. The van der Waals surface area contributed by atoms with E-state index in [1.165, 1.54) is 12.1 Å². The molecule has 0 saturated carbocycles. The lowest BCUT2D eigenvalue weighted by molar-refractivity contribution is -0.0794. The number of ketones is 1. The van der Waals surface area contributed by atoms with Crippen LogP contribution in [-0.4, -0.2) is 25.0 Å². The Hall–Kier alpha value is -1.93. The molecule has 0 amide bonds. The topological polar surface area (TPSA) is 38.3 Å². The number of hydrogen-bond donors (Lipinski definition) is 1. The van der Waals surface area contributed by atoms with Gasteiger partial charge in [0.25, 0.3) is 0 Å². The minimum absolute atomic E-state index is 0.0590. The second kappa shape index (κ2) is 7.09. The van der Waals surface area contributed by atoms with Gasteiger partial charge < -0.3 is 10.1 Å². The van der Waals surface area contributed by atoms with Gasteiger partial charge in [-0.1, -0.05) is 35.3 Å². The molecule has 2 aliphatic rings. The fourth-order valence-electron chi connectivity index (χ4n) is 3.55. The molecular formula is C20H13Cl2F4NO2. The van der Waals surface area contributed by atoms with Crippen LogP contribution in [0, 0.1) is 5.82 Å². The number of carbonyl (C=O) groups excluding carboxylic acids is 1. The van der Waals surface area contributed by atoms with Gasteiger partial charge in [0.05, 0.1) is 16.7 Å². The van der Waals surface area contributed by atoms with E-state index in [1.54, 1.807) is 6.07 Å². The summed E-state index contributed by atoms with van der Waals surface area (Å²) in [6.45, 7) is 1.54. The first-order valence-corrected chi connectivity index (χ1v) is 9.32. The number of ether oxygens (including phenoxy) is 1. The molecular weight excluding hydrogens is 433 g/mol. The average molecular weight is 446 g/mol. The number of alkyl halides is 3. The van der Waals surface area contributed by atoms with E-state index < -0.39 is 39.0 Å². The van der Waals surface area contributed by atoms with Gasteiger partial charge in [-0.05, 0) is 34.9 Å². The highest BCUT2D eigenvalue weighted by Gasteiger charge is 2.45. The smallest absolute Gasteiger partial charge is 0.363 e. The molecule has 0 aliphatic carbocycles. The number of benzene rings is 2. The van der Waals surface area contributed by atoms with Crippen molar-refractivity contribution in [2.45, 2.75) is 18.4 Å². The number of halogens is 6. The summed E-state index contributed by atoms with van der Waals surface area (Å²) in [6, 6.07) is 6.59. The van der Waals surface area contributed by atoms with Gasteiger partial charge in [-0.25, -0.2) is 4.39 Å². The lowest BCUT2D eigenvalue weighted by atomic mass is 9.85. The van der Waals surface area contributed by atoms with Gasteiger partial charge in [0, 0.05) is 30.3 Å². The largest absolute Gasteiger partial charge is 0.410 e. The Kier molecular flexibility index (Phi) is 4.98. The third-order valence-corrected chi connectivity index (χ3v) is 5.58. The van der Waals surface area contributed by atoms with Crippen LogP contribution in [0.4, 0.5) is 17.6 Å². The van der Waals surface area contributed by atoms with Gasteiger partial charge in [0.2, 0.25) is 0 Å². The van der Waals surface area contributed by atoms with E-state index in [0.29, 0.717) is 13.1 Å². The molecule has 0 atom stereocenters. The Balaban J connectivity index is 1.77. The van der Waals surface area contributed by atoms with Crippen molar-refractivity contribution in [3.8, 4) is 0 Å². The first-order valence-electron chi connectivity index (χ1n) is 8.57. The van der Waals surface area contributed by atoms with Crippen molar-refractivity contribution >= 4 is 34.6 Å². The molecule has 2 heterocycles. The molecule has 2 aromatic rings. The van der Waals surface area contributed by atoms with Gasteiger partial charge in [0.1, 0.15) is 5.60 Å². The predicted molar refractivity (Wildman–Crippen MR) is 101 cm³/mol. The highest BCUT2D eigenvalue weighted by atomic mass is 35.5. The van der Waals surface area contributed by atoms with Crippen molar-refractivity contribution in [3.05, 3.63) is 74.5 Å². The molecule has 0 unspecified atom stereocenters. The van der Waals surface area contributed by atoms with E-state index in [-0.39, 0.29) is 23.8 Å². The summed E-state index contributed by atoms with van der Waals surface area (Å²) in [7, 11) is 0. The molecule has 1 fully saturated rings. The van der Waals surface area contributed by atoms with E-state index in [9.17, 15) is 22.4 Å². The van der Waals surface area contributed by atoms with Crippen molar-refractivity contribution in [3.63, 3.8) is 0 Å². The van der Waals surface area contributed by atoms with Crippen LogP contribution in [0.3, 0.4) is 0 Å². The lowest BCUT2D eigenvalue weighted by Crippen LogP contribution is -2.56. The molecule has 0 radical (unpaired) electrons. The molecule has 1 N–H and O–H groups in total. The number of hydrogen-bond acceptors (Lipinski definition) is 3. The van der Waals surface area contributed by atoms with E-state index in [4.69, 9.17) is 27.9 Å². The zero-order valence-electron chi connectivity index (χ0n) is 14.7. The van der Waals surface area contributed by atoms with Gasteiger partial charge in [0.15, 0.2) is 11.6 Å². The maximum Gasteiger partial charge on any atom is 0.410 e. The molecule has 1 spiro atoms. The second-order valence-electron chi connectivity index (χ2n) is 6.94. The summed E-state index contributed by atoms with van der Waals surface area (Å²) in [6.07, 6.45) is -4.91. The summed E-state index contributed by atoms with van der Waals surface area (Å²) in [5.41, 5.74) is 0.393. The molecule has 9 heteroatoms. The number of fused-ring (bicyclic) bond motifs is 2. The monoisotopic (exact) mass is 445 g/mol. The molecule has 29 heavy (non-hydrogen) atoms. The van der Waals surface area contributed by atoms with Crippen LogP contribution in [0.15, 0.2) is 36.4 Å². The minimum Gasteiger partial charge on any atom is -0.363 e. The van der Waals surface area contributed by atoms with Gasteiger partial charge >= 0.3 is 6.18 Å². The summed E-state index contributed by atoms with van der Waals surface area (Å²) in [5.74, 6) is -1.85. The Morgan fingerprint density at radius 1 is 1.10 bits per heavy atom. The number of allylic oxidation sites excluding steroid dienone is 2. The molecule has 0 bridgehead atoms. The van der Waals surface area contributed by atoms with Crippen LogP contribution >= 0.6 is 23.2 Å². The molecule has 0 aromatic heterocycles. The summed E-state index contributed by atoms with van der Waals surface area (Å²) < 4.78 is 58.9. The number of carbonyl (C=O) groups is 1. The summed E-state index contributed by atoms with van der Waals surface area (Å²) in [5, 5.41) is 2.17. The van der Waals surface area contributed by atoms with E-state index in [2.05, 4.69) is 5.32 Å². The summed E-state index contributed by atoms with van der Waals surface area (Å²) >= 11 is 11.4. The molecule has 3 nitrogen and oxygen atoms in total.